The first-order chi connectivity index (χ1) is 10.6. The molecule has 1 amide bonds. The van der Waals surface area contributed by atoms with E-state index in [1.54, 1.807) is 6.07 Å². The maximum atomic E-state index is 13.2. The molecule has 1 aromatic carbocycles. The predicted octanol–water partition coefficient (Wildman–Crippen LogP) is 1.47. The fourth-order valence-electron chi connectivity index (χ4n) is 2.27. The summed E-state index contributed by atoms with van der Waals surface area (Å²) in [5.74, 6) is -0.748. The molecule has 1 fully saturated rings. The number of nitrogens with one attached hydrogen (secondary N) is 1. The first kappa shape index (κ1) is 16.4. The Hall–Kier alpha value is -1.95. The summed E-state index contributed by atoms with van der Waals surface area (Å²) in [4.78, 5) is 25.0. The average molecular weight is 308 g/mol. The highest BCUT2D eigenvalue weighted by Crippen LogP contribution is 2.28. The summed E-state index contributed by atoms with van der Waals surface area (Å²) in [5, 5.41) is 2.70. The third-order valence-corrected chi connectivity index (χ3v) is 3.56. The van der Waals surface area contributed by atoms with Crippen molar-refractivity contribution in [2.45, 2.75) is 31.8 Å². The largest absolute Gasteiger partial charge is 0.469 e. The summed E-state index contributed by atoms with van der Waals surface area (Å²) in [5.41, 5.74) is 0.856. The molecule has 1 saturated carbocycles. The van der Waals surface area contributed by atoms with E-state index in [0.717, 1.165) is 18.4 Å². The molecule has 0 saturated heterocycles. The van der Waals surface area contributed by atoms with Crippen molar-refractivity contribution in [2.24, 2.45) is 0 Å². The van der Waals surface area contributed by atoms with Gasteiger partial charge in [-0.25, -0.2) is 4.39 Å². The van der Waals surface area contributed by atoms with E-state index in [1.165, 1.54) is 19.2 Å². The summed E-state index contributed by atoms with van der Waals surface area (Å²) < 4.78 is 17.7. The van der Waals surface area contributed by atoms with Gasteiger partial charge in [-0.05, 0) is 30.5 Å². The van der Waals surface area contributed by atoms with Gasteiger partial charge in [0.2, 0.25) is 5.91 Å². The summed E-state index contributed by atoms with van der Waals surface area (Å²) in [7, 11) is 1.32. The quantitative estimate of drug-likeness (QED) is 0.739. The fourth-order valence-corrected chi connectivity index (χ4v) is 2.27. The summed E-state index contributed by atoms with van der Waals surface area (Å²) in [6.07, 6.45) is 2.28. The van der Waals surface area contributed by atoms with Crippen LogP contribution in [0.15, 0.2) is 24.3 Å². The van der Waals surface area contributed by atoms with Crippen LogP contribution < -0.4 is 5.32 Å². The Kier molecular flexibility index (Phi) is 5.89. The van der Waals surface area contributed by atoms with E-state index >= 15 is 0 Å². The molecule has 1 aliphatic carbocycles. The van der Waals surface area contributed by atoms with Gasteiger partial charge in [-0.1, -0.05) is 12.1 Å². The molecule has 0 radical (unpaired) electrons. The number of rotatable bonds is 8. The van der Waals surface area contributed by atoms with Crippen LogP contribution in [0.2, 0.25) is 0 Å². The monoisotopic (exact) mass is 308 g/mol. The molecule has 1 aliphatic rings. The normalized spacial score (nSPS) is 14.0. The van der Waals surface area contributed by atoms with Gasteiger partial charge < -0.3 is 10.1 Å². The van der Waals surface area contributed by atoms with Gasteiger partial charge in [0.15, 0.2) is 0 Å². The molecule has 120 valence electrons. The van der Waals surface area contributed by atoms with Crippen molar-refractivity contribution in [3.63, 3.8) is 0 Å². The van der Waals surface area contributed by atoms with Crippen molar-refractivity contribution in [3.8, 4) is 0 Å². The molecule has 0 atom stereocenters. The van der Waals surface area contributed by atoms with Gasteiger partial charge in [-0.3, -0.25) is 14.5 Å². The zero-order valence-electron chi connectivity index (χ0n) is 12.7. The van der Waals surface area contributed by atoms with E-state index in [-0.39, 0.29) is 37.2 Å². The molecule has 0 heterocycles. The van der Waals surface area contributed by atoms with Gasteiger partial charge in [0.05, 0.1) is 20.1 Å². The summed E-state index contributed by atoms with van der Waals surface area (Å²) >= 11 is 0. The number of carbonyl (C=O) groups excluding carboxylic acids is 2. The minimum atomic E-state index is -0.348. The van der Waals surface area contributed by atoms with Crippen LogP contribution in [0, 0.1) is 5.82 Å². The Balaban J connectivity index is 1.81. The maximum absolute atomic E-state index is 13.2. The Labute approximate surface area is 129 Å². The zero-order chi connectivity index (χ0) is 15.9. The van der Waals surface area contributed by atoms with Crippen LogP contribution in [-0.4, -0.2) is 43.0 Å². The average Bonchev–Trinajstić information content (AvgIpc) is 3.31. The highest BCUT2D eigenvalue weighted by atomic mass is 19.1. The zero-order valence-corrected chi connectivity index (χ0v) is 12.7. The van der Waals surface area contributed by atoms with Gasteiger partial charge in [0.25, 0.3) is 0 Å². The third kappa shape index (κ3) is 5.44. The van der Waals surface area contributed by atoms with Gasteiger partial charge in [-0.2, -0.15) is 0 Å². The van der Waals surface area contributed by atoms with Crippen molar-refractivity contribution in [2.75, 3.05) is 20.2 Å². The Bertz CT molecular complexity index is 532. The highest BCUT2D eigenvalue weighted by Gasteiger charge is 2.30. The van der Waals surface area contributed by atoms with Crippen LogP contribution in [0.25, 0.3) is 0 Å². The number of carbonyl (C=O) groups is 2. The predicted molar refractivity (Wildman–Crippen MR) is 79.5 cm³/mol. The van der Waals surface area contributed by atoms with Crippen molar-refractivity contribution in [1.82, 2.24) is 10.2 Å². The number of methoxy groups -OCH3 is 1. The molecule has 0 bridgehead atoms. The molecular weight excluding hydrogens is 287 g/mol. The minimum Gasteiger partial charge on any atom is -0.469 e. The molecule has 1 aromatic rings. The van der Waals surface area contributed by atoms with Gasteiger partial charge in [0, 0.05) is 19.1 Å². The number of ether oxygens (including phenoxy) is 1. The van der Waals surface area contributed by atoms with Crippen molar-refractivity contribution in [3.05, 3.63) is 35.6 Å². The number of amides is 1. The minimum absolute atomic E-state index is 0.132. The van der Waals surface area contributed by atoms with Crippen LogP contribution in [-0.2, 0) is 20.9 Å². The van der Waals surface area contributed by atoms with E-state index in [2.05, 4.69) is 10.1 Å². The molecule has 1 N–H and O–H groups in total. The second kappa shape index (κ2) is 7.89. The molecule has 5 nitrogen and oxygen atoms in total. The van der Waals surface area contributed by atoms with Crippen molar-refractivity contribution < 1.29 is 18.7 Å². The second-order valence-electron chi connectivity index (χ2n) is 5.44. The fraction of sp³-hybridized carbons (Fsp3) is 0.500. The Morgan fingerprint density at radius 3 is 2.82 bits per heavy atom. The number of hydrogen-bond acceptors (Lipinski definition) is 4. The SMILES string of the molecule is COC(=O)CCNC(=O)CN(Cc1cccc(F)c1)C1CC1. The van der Waals surface area contributed by atoms with Gasteiger partial charge in [-0.15, -0.1) is 0 Å². The lowest BCUT2D eigenvalue weighted by Gasteiger charge is -2.21. The van der Waals surface area contributed by atoms with Crippen LogP contribution in [0.1, 0.15) is 24.8 Å². The Morgan fingerprint density at radius 1 is 1.41 bits per heavy atom. The van der Waals surface area contributed by atoms with Gasteiger partial charge >= 0.3 is 5.97 Å². The van der Waals surface area contributed by atoms with E-state index in [0.29, 0.717) is 12.6 Å². The first-order valence-electron chi connectivity index (χ1n) is 7.40. The van der Waals surface area contributed by atoms with E-state index in [1.807, 2.05) is 11.0 Å². The molecule has 6 heteroatoms. The van der Waals surface area contributed by atoms with Gasteiger partial charge in [0.1, 0.15) is 5.82 Å². The van der Waals surface area contributed by atoms with Crippen LogP contribution in [0.3, 0.4) is 0 Å². The number of hydrogen-bond donors (Lipinski definition) is 1. The van der Waals surface area contributed by atoms with E-state index in [4.69, 9.17) is 0 Å². The highest BCUT2D eigenvalue weighted by molar-refractivity contribution is 5.79. The molecule has 0 aliphatic heterocycles. The number of halogens is 1. The molecule has 22 heavy (non-hydrogen) atoms. The van der Waals surface area contributed by atoms with Crippen LogP contribution >= 0.6 is 0 Å². The first-order valence-corrected chi connectivity index (χ1v) is 7.40. The van der Waals surface area contributed by atoms with E-state index < -0.39 is 0 Å². The lowest BCUT2D eigenvalue weighted by Crippen LogP contribution is -2.38. The molecule has 2 rings (SSSR count). The summed E-state index contributed by atoms with van der Waals surface area (Å²) in [6.45, 7) is 1.07. The van der Waals surface area contributed by atoms with Crippen molar-refractivity contribution in [1.29, 1.82) is 0 Å². The number of esters is 1. The molecule has 0 spiro atoms. The topological polar surface area (TPSA) is 58.6 Å². The molecule has 0 unspecified atom stereocenters. The smallest absolute Gasteiger partial charge is 0.307 e. The number of benzene rings is 1. The lowest BCUT2D eigenvalue weighted by atomic mass is 10.2. The lowest BCUT2D eigenvalue weighted by molar-refractivity contribution is -0.140. The third-order valence-electron chi connectivity index (χ3n) is 3.56. The van der Waals surface area contributed by atoms with Crippen LogP contribution in [0.5, 0.6) is 0 Å². The van der Waals surface area contributed by atoms with E-state index in [9.17, 15) is 14.0 Å². The maximum Gasteiger partial charge on any atom is 0.307 e. The molecular formula is C16H21FN2O3. The Morgan fingerprint density at radius 2 is 2.18 bits per heavy atom. The van der Waals surface area contributed by atoms with Crippen molar-refractivity contribution >= 4 is 11.9 Å². The second-order valence-corrected chi connectivity index (χ2v) is 5.44. The van der Waals surface area contributed by atoms with Crippen LogP contribution in [0.4, 0.5) is 4.39 Å². The summed E-state index contributed by atoms with van der Waals surface area (Å²) in [6, 6.07) is 6.81. The standard InChI is InChI=1S/C16H21FN2O3/c1-22-16(21)7-8-18-15(20)11-19(14-5-6-14)10-12-3-2-4-13(17)9-12/h2-4,9,14H,5-8,10-11H2,1H3,(H,18,20). The number of nitrogens with zero attached hydrogens (tertiary/aromatic N) is 1. The molecule has 0 aromatic heterocycles.